The number of carbonyl (C=O) groups is 1. The highest BCUT2D eigenvalue weighted by atomic mass is 19.1. The SMILES string of the molecule is CNC1(CC(=O)N[C@H](C)c2ccccc2F)CCCCC1. The Bertz CT molecular complexity index is 483. The van der Waals surface area contributed by atoms with E-state index in [0.29, 0.717) is 12.0 Å². The molecule has 0 saturated heterocycles. The lowest BCUT2D eigenvalue weighted by molar-refractivity contribution is -0.123. The molecular formula is C17H25FN2O. The molecule has 4 heteroatoms. The van der Waals surface area contributed by atoms with Crippen LogP contribution in [0.5, 0.6) is 0 Å². The second-order valence-corrected chi connectivity index (χ2v) is 6.08. The van der Waals surface area contributed by atoms with Crippen LogP contribution < -0.4 is 10.6 Å². The summed E-state index contributed by atoms with van der Waals surface area (Å²) < 4.78 is 13.7. The van der Waals surface area contributed by atoms with Crippen LogP contribution in [0.2, 0.25) is 0 Å². The van der Waals surface area contributed by atoms with Gasteiger partial charge in [-0.25, -0.2) is 4.39 Å². The minimum Gasteiger partial charge on any atom is -0.349 e. The molecule has 0 unspecified atom stereocenters. The standard InChI is InChI=1S/C17H25FN2O/c1-13(14-8-4-5-9-15(14)18)20-16(21)12-17(19-2)10-6-3-7-11-17/h4-5,8-9,13,19H,3,6-7,10-12H2,1-2H3,(H,20,21)/t13-/m1/s1. The predicted molar refractivity (Wildman–Crippen MR) is 82.5 cm³/mol. The number of halogens is 1. The van der Waals surface area contributed by atoms with Crippen molar-refractivity contribution in [3.05, 3.63) is 35.6 Å². The fraction of sp³-hybridized carbons (Fsp3) is 0.588. The molecule has 0 heterocycles. The predicted octanol–water partition coefficient (Wildman–Crippen LogP) is 3.32. The first-order valence-electron chi connectivity index (χ1n) is 7.79. The van der Waals surface area contributed by atoms with E-state index in [9.17, 15) is 9.18 Å². The molecule has 0 aromatic heterocycles. The minimum atomic E-state index is -0.309. The molecule has 116 valence electrons. The first-order chi connectivity index (χ1) is 10.1. The molecule has 1 aromatic carbocycles. The van der Waals surface area contributed by atoms with Gasteiger partial charge in [-0.15, -0.1) is 0 Å². The molecular weight excluding hydrogens is 267 g/mol. The fourth-order valence-corrected chi connectivity index (χ4v) is 3.25. The van der Waals surface area contributed by atoms with Crippen molar-refractivity contribution in [3.8, 4) is 0 Å². The van der Waals surface area contributed by atoms with Crippen LogP contribution in [0.4, 0.5) is 4.39 Å². The van der Waals surface area contributed by atoms with Crippen LogP contribution in [0.1, 0.15) is 57.1 Å². The maximum Gasteiger partial charge on any atom is 0.222 e. The van der Waals surface area contributed by atoms with Gasteiger partial charge in [-0.3, -0.25) is 4.79 Å². The minimum absolute atomic E-state index is 0.0120. The monoisotopic (exact) mass is 292 g/mol. The Labute approximate surface area is 126 Å². The van der Waals surface area contributed by atoms with Gasteiger partial charge in [0.05, 0.1) is 6.04 Å². The zero-order valence-electron chi connectivity index (χ0n) is 12.9. The van der Waals surface area contributed by atoms with E-state index in [1.165, 1.54) is 12.5 Å². The second kappa shape index (κ2) is 7.03. The van der Waals surface area contributed by atoms with E-state index in [4.69, 9.17) is 0 Å². The molecule has 1 aromatic rings. The zero-order chi connectivity index (χ0) is 15.3. The van der Waals surface area contributed by atoms with Gasteiger partial charge in [0.15, 0.2) is 0 Å². The van der Waals surface area contributed by atoms with Crippen molar-refractivity contribution in [3.63, 3.8) is 0 Å². The summed E-state index contributed by atoms with van der Waals surface area (Å²) in [6, 6.07) is 6.28. The molecule has 21 heavy (non-hydrogen) atoms. The van der Waals surface area contributed by atoms with Crippen molar-refractivity contribution >= 4 is 5.91 Å². The Balaban J connectivity index is 1.96. The van der Waals surface area contributed by atoms with Gasteiger partial charge in [0.2, 0.25) is 5.91 Å². The lowest BCUT2D eigenvalue weighted by Gasteiger charge is -2.37. The molecule has 1 saturated carbocycles. The molecule has 2 N–H and O–H groups in total. The van der Waals surface area contributed by atoms with Crippen molar-refractivity contribution < 1.29 is 9.18 Å². The summed E-state index contributed by atoms with van der Waals surface area (Å²) in [7, 11) is 1.93. The summed E-state index contributed by atoms with van der Waals surface area (Å²) in [6.07, 6.45) is 6.10. The zero-order valence-corrected chi connectivity index (χ0v) is 12.9. The molecule has 0 bridgehead atoms. The van der Waals surface area contributed by atoms with E-state index in [1.807, 2.05) is 14.0 Å². The highest BCUT2D eigenvalue weighted by Gasteiger charge is 2.32. The van der Waals surface area contributed by atoms with Gasteiger partial charge in [-0.1, -0.05) is 37.5 Å². The molecule has 0 spiro atoms. The summed E-state index contributed by atoms with van der Waals surface area (Å²) in [5, 5.41) is 6.26. The van der Waals surface area contributed by atoms with Crippen LogP contribution in [0.3, 0.4) is 0 Å². The highest BCUT2D eigenvalue weighted by Crippen LogP contribution is 2.31. The Morgan fingerprint density at radius 1 is 1.29 bits per heavy atom. The number of hydrogen-bond donors (Lipinski definition) is 2. The number of amides is 1. The van der Waals surface area contributed by atoms with Crippen molar-refractivity contribution in [2.45, 2.75) is 57.0 Å². The average Bonchev–Trinajstić information content (AvgIpc) is 2.48. The van der Waals surface area contributed by atoms with Crippen molar-refractivity contribution in [2.75, 3.05) is 7.05 Å². The highest BCUT2D eigenvalue weighted by molar-refractivity contribution is 5.77. The number of benzene rings is 1. The summed E-state index contributed by atoms with van der Waals surface area (Å²) in [5.74, 6) is -0.284. The smallest absolute Gasteiger partial charge is 0.222 e. The summed E-state index contributed by atoms with van der Waals surface area (Å²) in [5.41, 5.74) is 0.449. The Morgan fingerprint density at radius 2 is 1.95 bits per heavy atom. The number of rotatable bonds is 5. The third-order valence-electron chi connectivity index (χ3n) is 4.59. The number of hydrogen-bond acceptors (Lipinski definition) is 2. The van der Waals surface area contributed by atoms with Crippen LogP contribution in [-0.4, -0.2) is 18.5 Å². The molecule has 1 atom stereocenters. The molecule has 1 fully saturated rings. The fourth-order valence-electron chi connectivity index (χ4n) is 3.25. The molecule has 1 aliphatic rings. The topological polar surface area (TPSA) is 41.1 Å². The Morgan fingerprint density at radius 3 is 2.57 bits per heavy atom. The van der Waals surface area contributed by atoms with Crippen LogP contribution in [0, 0.1) is 5.82 Å². The summed E-state index contributed by atoms with van der Waals surface area (Å²) >= 11 is 0. The van der Waals surface area contributed by atoms with Crippen molar-refractivity contribution in [2.24, 2.45) is 0 Å². The maximum atomic E-state index is 13.7. The van der Waals surface area contributed by atoms with E-state index >= 15 is 0 Å². The van der Waals surface area contributed by atoms with E-state index in [0.717, 1.165) is 25.7 Å². The first kappa shape index (κ1) is 16.0. The molecule has 0 aliphatic heterocycles. The normalized spacial score (nSPS) is 19.0. The van der Waals surface area contributed by atoms with Crippen LogP contribution >= 0.6 is 0 Å². The molecule has 3 nitrogen and oxygen atoms in total. The third-order valence-corrected chi connectivity index (χ3v) is 4.59. The van der Waals surface area contributed by atoms with Crippen LogP contribution in [0.25, 0.3) is 0 Å². The molecule has 2 rings (SSSR count). The lowest BCUT2D eigenvalue weighted by atomic mass is 9.79. The Kier molecular flexibility index (Phi) is 5.34. The first-order valence-corrected chi connectivity index (χ1v) is 7.79. The molecule has 1 amide bonds. The van der Waals surface area contributed by atoms with E-state index in [1.54, 1.807) is 18.2 Å². The van der Waals surface area contributed by atoms with Gasteiger partial charge in [0.25, 0.3) is 0 Å². The van der Waals surface area contributed by atoms with Gasteiger partial charge in [-0.2, -0.15) is 0 Å². The molecule has 0 radical (unpaired) electrons. The van der Waals surface area contributed by atoms with Gasteiger partial charge in [-0.05, 0) is 32.9 Å². The second-order valence-electron chi connectivity index (χ2n) is 6.08. The van der Waals surface area contributed by atoms with E-state index in [-0.39, 0.29) is 23.3 Å². The Hall–Kier alpha value is -1.42. The van der Waals surface area contributed by atoms with Crippen LogP contribution in [-0.2, 0) is 4.79 Å². The summed E-state index contributed by atoms with van der Waals surface area (Å²) in [6.45, 7) is 1.82. The largest absolute Gasteiger partial charge is 0.349 e. The average molecular weight is 292 g/mol. The van der Waals surface area contributed by atoms with Gasteiger partial charge >= 0.3 is 0 Å². The molecule has 1 aliphatic carbocycles. The maximum absolute atomic E-state index is 13.7. The van der Waals surface area contributed by atoms with Crippen LogP contribution in [0.15, 0.2) is 24.3 Å². The van der Waals surface area contributed by atoms with Gasteiger partial charge in [0, 0.05) is 17.5 Å². The van der Waals surface area contributed by atoms with Gasteiger partial charge < -0.3 is 10.6 Å². The quantitative estimate of drug-likeness (QED) is 0.874. The summed E-state index contributed by atoms with van der Waals surface area (Å²) in [4.78, 5) is 12.3. The van der Waals surface area contributed by atoms with E-state index < -0.39 is 0 Å². The third kappa shape index (κ3) is 4.03. The van der Waals surface area contributed by atoms with Gasteiger partial charge in [0.1, 0.15) is 5.82 Å². The van der Waals surface area contributed by atoms with Crippen molar-refractivity contribution in [1.29, 1.82) is 0 Å². The van der Waals surface area contributed by atoms with E-state index in [2.05, 4.69) is 10.6 Å². The number of carbonyl (C=O) groups excluding carboxylic acids is 1. The van der Waals surface area contributed by atoms with Crippen molar-refractivity contribution in [1.82, 2.24) is 10.6 Å². The number of nitrogens with one attached hydrogen (secondary N) is 2. The lowest BCUT2D eigenvalue weighted by Crippen LogP contribution is -2.48.